The molecular formula is C12H14N2O4. The summed E-state index contributed by atoms with van der Waals surface area (Å²) in [6.45, 7) is 0.317. The molecule has 6 nitrogen and oxygen atoms in total. The van der Waals surface area contributed by atoms with E-state index in [4.69, 9.17) is 9.84 Å². The second-order valence-electron chi connectivity index (χ2n) is 4.07. The van der Waals surface area contributed by atoms with Crippen LogP contribution < -0.4 is 5.32 Å². The van der Waals surface area contributed by atoms with Gasteiger partial charge in [-0.1, -0.05) is 6.07 Å². The van der Waals surface area contributed by atoms with Crippen molar-refractivity contribution < 1.29 is 19.4 Å². The van der Waals surface area contributed by atoms with Gasteiger partial charge in [0.25, 0.3) is 0 Å². The number of pyridine rings is 1. The number of amides is 1. The number of rotatable bonds is 4. The molecule has 2 rings (SSSR count). The lowest BCUT2D eigenvalue weighted by molar-refractivity contribution is -0.151. The van der Waals surface area contributed by atoms with Gasteiger partial charge in [0, 0.05) is 6.20 Å². The number of carboxylic acid groups (broad SMARTS) is 1. The van der Waals surface area contributed by atoms with E-state index in [-0.39, 0.29) is 5.91 Å². The van der Waals surface area contributed by atoms with Crippen molar-refractivity contribution in [3.8, 4) is 0 Å². The number of carbonyl (C=O) groups excluding carboxylic acids is 1. The highest BCUT2D eigenvalue weighted by molar-refractivity contribution is 5.82. The largest absolute Gasteiger partial charge is 0.479 e. The summed E-state index contributed by atoms with van der Waals surface area (Å²) in [7, 11) is 0. The van der Waals surface area contributed by atoms with Crippen LogP contribution in [0.1, 0.15) is 18.5 Å². The Morgan fingerprint density at radius 1 is 1.39 bits per heavy atom. The molecule has 2 heterocycles. The lowest BCUT2D eigenvalue weighted by atomic mass is 10.2. The van der Waals surface area contributed by atoms with Gasteiger partial charge in [-0.25, -0.2) is 4.79 Å². The number of hydrogen-bond donors (Lipinski definition) is 2. The van der Waals surface area contributed by atoms with Crippen LogP contribution in [0.25, 0.3) is 0 Å². The Balaban J connectivity index is 1.81. The van der Waals surface area contributed by atoms with Crippen LogP contribution in [-0.4, -0.2) is 34.2 Å². The van der Waals surface area contributed by atoms with Crippen molar-refractivity contribution in [1.29, 1.82) is 0 Å². The van der Waals surface area contributed by atoms with Crippen LogP contribution in [0.2, 0.25) is 0 Å². The van der Waals surface area contributed by atoms with E-state index in [1.54, 1.807) is 18.3 Å². The Labute approximate surface area is 104 Å². The van der Waals surface area contributed by atoms with E-state index in [0.29, 0.717) is 19.4 Å². The number of ether oxygens (including phenoxy) is 1. The molecule has 0 spiro atoms. The van der Waals surface area contributed by atoms with Crippen LogP contribution in [0, 0.1) is 0 Å². The van der Waals surface area contributed by atoms with Gasteiger partial charge in [0.15, 0.2) is 6.10 Å². The van der Waals surface area contributed by atoms with Gasteiger partial charge in [-0.05, 0) is 25.0 Å². The second-order valence-corrected chi connectivity index (χ2v) is 4.07. The summed E-state index contributed by atoms with van der Waals surface area (Å²) >= 11 is 0. The van der Waals surface area contributed by atoms with E-state index >= 15 is 0 Å². The third-order valence-corrected chi connectivity index (χ3v) is 2.76. The summed E-state index contributed by atoms with van der Waals surface area (Å²) in [6.07, 6.45) is 0.918. The fourth-order valence-electron chi connectivity index (χ4n) is 1.81. The Bertz CT molecular complexity index is 435. The molecule has 2 atom stereocenters. The lowest BCUT2D eigenvalue weighted by Gasteiger charge is -2.11. The number of hydrogen-bond acceptors (Lipinski definition) is 4. The van der Waals surface area contributed by atoms with Crippen LogP contribution in [0.4, 0.5) is 0 Å². The van der Waals surface area contributed by atoms with E-state index in [9.17, 15) is 9.59 Å². The van der Waals surface area contributed by atoms with Crippen LogP contribution in [0.15, 0.2) is 24.4 Å². The number of carboxylic acids is 1. The third kappa shape index (κ3) is 3.04. The molecule has 0 saturated carbocycles. The molecule has 1 aromatic heterocycles. The topological polar surface area (TPSA) is 88.5 Å². The fourth-order valence-corrected chi connectivity index (χ4v) is 1.81. The predicted octanol–water partition coefficient (Wildman–Crippen LogP) is 0.330. The normalized spacial score (nSPS) is 22.7. The molecule has 0 bridgehead atoms. The van der Waals surface area contributed by atoms with Crippen molar-refractivity contribution in [2.24, 2.45) is 0 Å². The third-order valence-electron chi connectivity index (χ3n) is 2.76. The van der Waals surface area contributed by atoms with Crippen LogP contribution >= 0.6 is 0 Å². The zero-order chi connectivity index (χ0) is 13.0. The van der Waals surface area contributed by atoms with Crippen molar-refractivity contribution in [3.05, 3.63) is 30.1 Å². The first-order valence-corrected chi connectivity index (χ1v) is 5.72. The Morgan fingerprint density at radius 3 is 2.78 bits per heavy atom. The van der Waals surface area contributed by atoms with Gasteiger partial charge in [0.2, 0.25) is 5.91 Å². The lowest BCUT2D eigenvalue weighted by Crippen LogP contribution is -2.35. The zero-order valence-electron chi connectivity index (χ0n) is 9.70. The van der Waals surface area contributed by atoms with Gasteiger partial charge in [0.1, 0.15) is 6.10 Å². The van der Waals surface area contributed by atoms with Gasteiger partial charge in [0.05, 0.1) is 12.2 Å². The molecule has 18 heavy (non-hydrogen) atoms. The molecule has 1 aromatic rings. The van der Waals surface area contributed by atoms with Gasteiger partial charge < -0.3 is 15.2 Å². The second kappa shape index (κ2) is 5.59. The molecule has 2 unspecified atom stereocenters. The monoisotopic (exact) mass is 250 g/mol. The van der Waals surface area contributed by atoms with E-state index in [1.807, 2.05) is 6.07 Å². The standard InChI is InChI=1S/C12H14N2O4/c15-11(9-4-5-10(18-9)12(16)17)14-7-8-3-1-2-6-13-8/h1-3,6,9-10H,4-5,7H2,(H,14,15)(H,16,17). The minimum absolute atomic E-state index is 0.288. The summed E-state index contributed by atoms with van der Waals surface area (Å²) in [5, 5.41) is 11.4. The molecule has 1 fully saturated rings. The Kier molecular flexibility index (Phi) is 3.88. The summed E-state index contributed by atoms with van der Waals surface area (Å²) in [5.74, 6) is -1.31. The number of carbonyl (C=O) groups is 2. The SMILES string of the molecule is O=C(O)C1CCC(C(=O)NCc2ccccn2)O1. The minimum Gasteiger partial charge on any atom is -0.479 e. The number of aliphatic carboxylic acids is 1. The summed E-state index contributed by atoms with van der Waals surface area (Å²) in [6, 6.07) is 5.43. The molecule has 6 heteroatoms. The van der Waals surface area contributed by atoms with Gasteiger partial charge >= 0.3 is 5.97 Å². The van der Waals surface area contributed by atoms with E-state index in [2.05, 4.69) is 10.3 Å². The quantitative estimate of drug-likeness (QED) is 0.804. The number of nitrogens with zero attached hydrogens (tertiary/aromatic N) is 1. The van der Waals surface area contributed by atoms with Crippen molar-refractivity contribution in [1.82, 2.24) is 10.3 Å². The van der Waals surface area contributed by atoms with Crippen molar-refractivity contribution >= 4 is 11.9 Å². The highest BCUT2D eigenvalue weighted by atomic mass is 16.5. The van der Waals surface area contributed by atoms with E-state index in [1.165, 1.54) is 0 Å². The molecule has 0 aromatic carbocycles. The summed E-state index contributed by atoms with van der Waals surface area (Å²) in [5.41, 5.74) is 0.749. The Hall–Kier alpha value is -1.95. The first-order chi connectivity index (χ1) is 8.66. The highest BCUT2D eigenvalue weighted by Crippen LogP contribution is 2.19. The first kappa shape index (κ1) is 12.5. The van der Waals surface area contributed by atoms with Crippen molar-refractivity contribution in [3.63, 3.8) is 0 Å². The summed E-state index contributed by atoms with van der Waals surface area (Å²) in [4.78, 5) is 26.5. The van der Waals surface area contributed by atoms with Gasteiger partial charge in [-0.3, -0.25) is 9.78 Å². The minimum atomic E-state index is -1.02. The van der Waals surface area contributed by atoms with Crippen LogP contribution in [-0.2, 0) is 20.9 Å². The molecule has 2 N–H and O–H groups in total. The molecule has 96 valence electrons. The summed E-state index contributed by atoms with van der Waals surface area (Å²) < 4.78 is 5.14. The highest BCUT2D eigenvalue weighted by Gasteiger charge is 2.34. The fraction of sp³-hybridized carbons (Fsp3) is 0.417. The number of aromatic nitrogens is 1. The maximum atomic E-state index is 11.7. The van der Waals surface area contributed by atoms with E-state index in [0.717, 1.165) is 5.69 Å². The van der Waals surface area contributed by atoms with Gasteiger partial charge in [-0.2, -0.15) is 0 Å². The average Bonchev–Trinajstić information content (AvgIpc) is 2.87. The maximum Gasteiger partial charge on any atom is 0.332 e. The molecule has 1 aliphatic rings. The van der Waals surface area contributed by atoms with Crippen molar-refractivity contribution in [2.75, 3.05) is 0 Å². The average molecular weight is 250 g/mol. The molecule has 0 aliphatic carbocycles. The zero-order valence-corrected chi connectivity index (χ0v) is 9.70. The molecule has 1 amide bonds. The molecule has 1 aliphatic heterocycles. The number of nitrogens with one attached hydrogen (secondary N) is 1. The van der Waals surface area contributed by atoms with Crippen LogP contribution in [0.5, 0.6) is 0 Å². The smallest absolute Gasteiger partial charge is 0.332 e. The first-order valence-electron chi connectivity index (χ1n) is 5.72. The predicted molar refractivity (Wildman–Crippen MR) is 61.6 cm³/mol. The molecular weight excluding hydrogens is 236 g/mol. The van der Waals surface area contributed by atoms with Gasteiger partial charge in [-0.15, -0.1) is 0 Å². The van der Waals surface area contributed by atoms with E-state index < -0.39 is 18.2 Å². The maximum absolute atomic E-state index is 11.7. The molecule has 1 saturated heterocycles. The van der Waals surface area contributed by atoms with Crippen molar-refractivity contribution in [2.45, 2.75) is 31.6 Å². The van der Waals surface area contributed by atoms with Crippen LogP contribution in [0.3, 0.4) is 0 Å². The Morgan fingerprint density at radius 2 is 2.17 bits per heavy atom. The molecule has 0 radical (unpaired) electrons.